The molecule has 0 saturated heterocycles. The summed E-state index contributed by atoms with van der Waals surface area (Å²) in [5, 5.41) is 1.26. The Hall–Kier alpha value is -2.35. The van der Waals surface area contributed by atoms with Gasteiger partial charge < -0.3 is 4.90 Å². The first-order chi connectivity index (χ1) is 14.5. The van der Waals surface area contributed by atoms with Crippen LogP contribution in [0.4, 0.5) is 5.13 Å². The van der Waals surface area contributed by atoms with Crippen LogP contribution >= 0.6 is 22.7 Å². The lowest BCUT2D eigenvalue weighted by Gasteiger charge is -2.24. The van der Waals surface area contributed by atoms with Gasteiger partial charge in [0, 0.05) is 13.1 Å². The lowest BCUT2D eigenvalue weighted by atomic mass is 10.1. The van der Waals surface area contributed by atoms with E-state index in [0.717, 1.165) is 45.2 Å². The molecule has 2 heterocycles. The summed E-state index contributed by atoms with van der Waals surface area (Å²) in [5.41, 5.74) is 4.27. The fourth-order valence-corrected chi connectivity index (χ4v) is 5.41. The van der Waals surface area contributed by atoms with Crippen molar-refractivity contribution in [3.8, 4) is 0 Å². The lowest BCUT2D eigenvalue weighted by molar-refractivity contribution is 0.0983. The van der Waals surface area contributed by atoms with Crippen LogP contribution in [0, 0.1) is 13.8 Å². The van der Waals surface area contributed by atoms with Crippen LogP contribution in [0.5, 0.6) is 0 Å². The number of carbonyl (C=O) groups excluding carboxylic acids is 1. The van der Waals surface area contributed by atoms with Crippen LogP contribution in [0.15, 0.2) is 36.4 Å². The van der Waals surface area contributed by atoms with Gasteiger partial charge in [-0.1, -0.05) is 37.3 Å². The van der Waals surface area contributed by atoms with E-state index in [2.05, 4.69) is 49.7 Å². The Labute approximate surface area is 185 Å². The van der Waals surface area contributed by atoms with Gasteiger partial charge in [0.15, 0.2) is 10.1 Å². The highest BCUT2D eigenvalue weighted by Gasteiger charge is 2.25. The van der Waals surface area contributed by atoms with Gasteiger partial charge in [-0.15, -0.1) is 11.3 Å². The predicted molar refractivity (Wildman–Crippen MR) is 128 cm³/mol. The van der Waals surface area contributed by atoms with Gasteiger partial charge in [0.2, 0.25) is 0 Å². The number of thiazole rings is 2. The van der Waals surface area contributed by atoms with Crippen LogP contribution in [0.2, 0.25) is 0 Å². The molecular formula is C23H26N4OS2. The van der Waals surface area contributed by atoms with Gasteiger partial charge in [-0.3, -0.25) is 9.69 Å². The summed E-state index contributed by atoms with van der Waals surface area (Å²) in [4.78, 5) is 27.1. The summed E-state index contributed by atoms with van der Waals surface area (Å²) < 4.78 is 2.14. The normalized spacial score (nSPS) is 11.6. The highest BCUT2D eigenvalue weighted by molar-refractivity contribution is 7.23. The molecule has 0 N–H and O–H groups in total. The summed E-state index contributed by atoms with van der Waals surface area (Å²) in [5.74, 6) is -0.0733. The molecule has 7 heteroatoms. The first-order valence-corrected chi connectivity index (χ1v) is 11.9. The molecule has 0 bridgehead atoms. The molecule has 0 spiro atoms. The van der Waals surface area contributed by atoms with Crippen LogP contribution < -0.4 is 4.90 Å². The van der Waals surface area contributed by atoms with Crippen LogP contribution in [-0.4, -0.2) is 47.0 Å². The summed E-state index contributed by atoms with van der Waals surface area (Å²) in [6.45, 7) is 11.8. The molecule has 0 aliphatic rings. The topological polar surface area (TPSA) is 49.3 Å². The van der Waals surface area contributed by atoms with Crippen molar-refractivity contribution < 1.29 is 4.79 Å². The molecule has 0 aliphatic heterocycles. The number of nitrogens with zero attached hydrogens (tertiary/aromatic N) is 4. The number of para-hydroxylation sites is 1. The fraction of sp³-hybridized carbons (Fsp3) is 0.348. The van der Waals surface area contributed by atoms with E-state index in [0.29, 0.717) is 11.6 Å². The first-order valence-electron chi connectivity index (χ1n) is 10.3. The molecule has 0 radical (unpaired) electrons. The highest BCUT2D eigenvalue weighted by Crippen LogP contribution is 2.32. The van der Waals surface area contributed by atoms with Crippen molar-refractivity contribution >= 4 is 54.1 Å². The average Bonchev–Trinajstić information content (AvgIpc) is 3.35. The van der Waals surface area contributed by atoms with E-state index < -0.39 is 0 Å². The molecule has 0 fully saturated rings. The second-order valence-corrected chi connectivity index (χ2v) is 9.41. The summed E-state index contributed by atoms with van der Waals surface area (Å²) >= 11 is 3.02. The average molecular weight is 439 g/mol. The highest BCUT2D eigenvalue weighted by atomic mass is 32.1. The molecule has 1 amide bonds. The SMILES string of the molecule is CCN(CC)CCN(C(=O)c1nc2ccccc2s1)c1nc2cc(C)c(C)cc2s1. The van der Waals surface area contributed by atoms with Crippen LogP contribution in [0.1, 0.15) is 34.8 Å². The second-order valence-electron chi connectivity index (χ2n) is 7.37. The molecule has 4 rings (SSSR count). The Kier molecular flexibility index (Phi) is 6.13. The lowest BCUT2D eigenvalue weighted by Crippen LogP contribution is -2.38. The molecule has 2 aromatic carbocycles. The van der Waals surface area contributed by atoms with Gasteiger partial charge in [0.05, 0.1) is 20.4 Å². The van der Waals surface area contributed by atoms with E-state index in [9.17, 15) is 4.79 Å². The van der Waals surface area contributed by atoms with E-state index in [1.165, 1.54) is 22.5 Å². The number of anilines is 1. The van der Waals surface area contributed by atoms with Gasteiger partial charge in [0.25, 0.3) is 5.91 Å². The van der Waals surface area contributed by atoms with Crippen molar-refractivity contribution in [3.05, 3.63) is 52.5 Å². The fourth-order valence-electron chi connectivity index (χ4n) is 3.43. The number of aryl methyl sites for hydroxylation is 2. The smallest absolute Gasteiger partial charge is 0.289 e. The van der Waals surface area contributed by atoms with Crippen LogP contribution in [-0.2, 0) is 0 Å². The van der Waals surface area contributed by atoms with Crippen molar-refractivity contribution in [1.29, 1.82) is 0 Å². The van der Waals surface area contributed by atoms with Crippen molar-refractivity contribution in [1.82, 2.24) is 14.9 Å². The van der Waals surface area contributed by atoms with Gasteiger partial charge >= 0.3 is 0 Å². The van der Waals surface area contributed by atoms with E-state index in [1.807, 2.05) is 29.2 Å². The zero-order chi connectivity index (χ0) is 21.3. The third-order valence-corrected chi connectivity index (χ3v) is 7.55. The Balaban J connectivity index is 1.72. The minimum absolute atomic E-state index is 0.0733. The maximum Gasteiger partial charge on any atom is 0.289 e. The molecule has 0 saturated carbocycles. The molecular weight excluding hydrogens is 412 g/mol. The molecule has 0 aliphatic carbocycles. The second kappa shape index (κ2) is 8.79. The molecule has 0 unspecified atom stereocenters. The standard InChI is InChI=1S/C23H26N4OS2/c1-5-26(6-2)11-12-27(22(28)21-24-17-9-7-8-10-19(17)29-21)23-25-18-13-15(3)16(4)14-20(18)30-23/h7-10,13-14H,5-6,11-12H2,1-4H3. The minimum Gasteiger partial charge on any atom is -0.302 e. The van der Waals surface area contributed by atoms with Crippen molar-refractivity contribution in [2.75, 3.05) is 31.1 Å². The van der Waals surface area contributed by atoms with Crippen molar-refractivity contribution in [2.45, 2.75) is 27.7 Å². The Morgan fingerprint density at radius 1 is 0.900 bits per heavy atom. The minimum atomic E-state index is -0.0733. The zero-order valence-electron chi connectivity index (χ0n) is 17.8. The van der Waals surface area contributed by atoms with Gasteiger partial charge in [-0.2, -0.15) is 0 Å². The quantitative estimate of drug-likeness (QED) is 0.382. The maximum atomic E-state index is 13.5. The number of amides is 1. The number of rotatable bonds is 7. The van der Waals surface area contributed by atoms with E-state index in [1.54, 1.807) is 11.3 Å². The molecule has 30 heavy (non-hydrogen) atoms. The summed E-state index contributed by atoms with van der Waals surface area (Å²) in [6, 6.07) is 12.2. The maximum absolute atomic E-state index is 13.5. The number of carbonyl (C=O) groups is 1. The van der Waals surface area contributed by atoms with Gasteiger partial charge in [-0.25, -0.2) is 9.97 Å². The molecule has 2 aromatic heterocycles. The van der Waals surface area contributed by atoms with Gasteiger partial charge in [-0.05, 0) is 62.3 Å². The third-order valence-electron chi connectivity index (χ3n) is 5.48. The molecule has 0 atom stereocenters. The summed E-state index contributed by atoms with van der Waals surface area (Å²) in [7, 11) is 0. The van der Waals surface area contributed by atoms with Crippen LogP contribution in [0.25, 0.3) is 20.4 Å². The Morgan fingerprint density at radius 3 is 2.37 bits per heavy atom. The Bertz CT molecular complexity index is 1120. The number of aromatic nitrogens is 2. The van der Waals surface area contributed by atoms with E-state index in [4.69, 9.17) is 4.98 Å². The summed E-state index contributed by atoms with van der Waals surface area (Å²) in [6.07, 6.45) is 0. The predicted octanol–water partition coefficient (Wildman–Crippen LogP) is 5.51. The molecule has 5 nitrogen and oxygen atoms in total. The number of hydrogen-bond donors (Lipinski definition) is 0. The van der Waals surface area contributed by atoms with Crippen molar-refractivity contribution in [3.63, 3.8) is 0 Å². The zero-order valence-corrected chi connectivity index (χ0v) is 19.4. The van der Waals surface area contributed by atoms with Crippen molar-refractivity contribution in [2.24, 2.45) is 0 Å². The number of hydrogen-bond acceptors (Lipinski definition) is 6. The monoisotopic (exact) mass is 438 g/mol. The van der Waals surface area contributed by atoms with E-state index >= 15 is 0 Å². The molecule has 4 aromatic rings. The van der Waals surface area contributed by atoms with E-state index in [-0.39, 0.29) is 5.91 Å². The number of likely N-dealkylation sites (N-methyl/N-ethyl adjacent to an activating group) is 1. The third kappa shape index (κ3) is 4.10. The number of fused-ring (bicyclic) bond motifs is 2. The Morgan fingerprint density at radius 2 is 1.63 bits per heavy atom. The molecule has 156 valence electrons. The van der Waals surface area contributed by atoms with Gasteiger partial charge in [0.1, 0.15) is 0 Å². The number of benzene rings is 2. The first kappa shape index (κ1) is 20.9. The largest absolute Gasteiger partial charge is 0.302 e. The van der Waals surface area contributed by atoms with Crippen LogP contribution in [0.3, 0.4) is 0 Å².